The van der Waals surface area contributed by atoms with Crippen LogP contribution in [0.2, 0.25) is 0 Å². The van der Waals surface area contributed by atoms with Gasteiger partial charge in [0.25, 0.3) is 0 Å². The molecule has 0 amide bonds. The van der Waals surface area contributed by atoms with E-state index >= 15 is 0 Å². The molecule has 0 bridgehead atoms. The maximum absolute atomic E-state index is 10.5. The number of aliphatic hydroxyl groups is 1. The van der Waals surface area contributed by atoms with Crippen LogP contribution in [0.3, 0.4) is 0 Å². The molecule has 2 aromatic carbocycles. The molecule has 2 N–H and O–H groups in total. The van der Waals surface area contributed by atoms with E-state index in [2.05, 4.69) is 61.6 Å². The molecule has 3 aromatic rings. The summed E-state index contributed by atoms with van der Waals surface area (Å²) >= 11 is 0. The molecule has 4 heteroatoms. The highest BCUT2D eigenvalue weighted by molar-refractivity contribution is 5.83. The van der Waals surface area contributed by atoms with E-state index in [9.17, 15) is 5.11 Å². The highest BCUT2D eigenvalue weighted by Gasteiger charge is 2.21. The molecule has 0 aliphatic heterocycles. The quantitative estimate of drug-likeness (QED) is 0.746. The Morgan fingerprint density at radius 1 is 1.12 bits per heavy atom. The molecule has 0 aliphatic rings. The Bertz CT molecular complexity index is 861. The number of benzene rings is 2. The van der Waals surface area contributed by atoms with Crippen molar-refractivity contribution >= 4 is 10.8 Å². The van der Waals surface area contributed by atoms with Crippen molar-refractivity contribution in [3.05, 3.63) is 65.5 Å². The van der Waals surface area contributed by atoms with Crippen molar-refractivity contribution in [3.8, 4) is 0 Å². The van der Waals surface area contributed by atoms with Crippen LogP contribution in [-0.2, 0) is 19.0 Å². The number of hydrogen-bond donors (Lipinski definition) is 2. The molecule has 0 radical (unpaired) electrons. The summed E-state index contributed by atoms with van der Waals surface area (Å²) in [6.07, 6.45) is 1.52. The maximum atomic E-state index is 10.5. The van der Waals surface area contributed by atoms with E-state index in [0.717, 1.165) is 16.6 Å². The monoisotopic (exact) mass is 337 g/mol. The normalized spacial score (nSPS) is 13.3. The summed E-state index contributed by atoms with van der Waals surface area (Å²) in [6, 6.07) is 14.3. The van der Waals surface area contributed by atoms with Gasteiger partial charge in [-0.05, 0) is 22.4 Å². The Balaban J connectivity index is 1.65. The zero-order chi connectivity index (χ0) is 18.0. The van der Waals surface area contributed by atoms with Gasteiger partial charge in [0.2, 0.25) is 0 Å². The summed E-state index contributed by atoms with van der Waals surface area (Å²) in [6.45, 7) is 7.72. The van der Waals surface area contributed by atoms with Crippen molar-refractivity contribution in [2.75, 3.05) is 6.54 Å². The SMILES string of the molecule is Cn1cc(CNCC(O)c2ccc3ccccc3c2)c(C(C)(C)C)n1. The number of rotatable bonds is 5. The van der Waals surface area contributed by atoms with Crippen LogP contribution in [0.5, 0.6) is 0 Å². The third-order valence-corrected chi connectivity index (χ3v) is 4.43. The van der Waals surface area contributed by atoms with Gasteiger partial charge in [-0.15, -0.1) is 0 Å². The Morgan fingerprint density at radius 3 is 2.56 bits per heavy atom. The summed E-state index contributed by atoms with van der Waals surface area (Å²) in [5.74, 6) is 0. The van der Waals surface area contributed by atoms with Crippen molar-refractivity contribution in [1.29, 1.82) is 0 Å². The van der Waals surface area contributed by atoms with Gasteiger partial charge < -0.3 is 10.4 Å². The van der Waals surface area contributed by atoms with Crippen LogP contribution in [0.25, 0.3) is 10.8 Å². The predicted molar refractivity (Wildman–Crippen MR) is 103 cm³/mol. The van der Waals surface area contributed by atoms with Crippen LogP contribution >= 0.6 is 0 Å². The zero-order valence-corrected chi connectivity index (χ0v) is 15.5. The van der Waals surface area contributed by atoms with Crippen molar-refractivity contribution in [3.63, 3.8) is 0 Å². The lowest BCUT2D eigenvalue weighted by Crippen LogP contribution is -2.23. The van der Waals surface area contributed by atoms with Crippen molar-refractivity contribution in [1.82, 2.24) is 15.1 Å². The van der Waals surface area contributed by atoms with Gasteiger partial charge in [0.05, 0.1) is 11.8 Å². The minimum atomic E-state index is -0.528. The molecule has 4 nitrogen and oxygen atoms in total. The smallest absolute Gasteiger partial charge is 0.0914 e. The van der Waals surface area contributed by atoms with Gasteiger partial charge in [0.15, 0.2) is 0 Å². The fourth-order valence-corrected chi connectivity index (χ4v) is 3.18. The molecular weight excluding hydrogens is 310 g/mol. The first kappa shape index (κ1) is 17.6. The Kier molecular flexibility index (Phi) is 4.93. The highest BCUT2D eigenvalue weighted by atomic mass is 16.3. The number of aliphatic hydroxyl groups excluding tert-OH is 1. The van der Waals surface area contributed by atoms with E-state index < -0.39 is 6.10 Å². The maximum Gasteiger partial charge on any atom is 0.0914 e. The summed E-state index contributed by atoms with van der Waals surface area (Å²) in [5.41, 5.74) is 3.23. The van der Waals surface area contributed by atoms with E-state index in [4.69, 9.17) is 0 Å². The van der Waals surface area contributed by atoms with Gasteiger partial charge >= 0.3 is 0 Å². The minimum absolute atomic E-state index is 0.00916. The molecule has 1 heterocycles. The number of nitrogens with zero attached hydrogens (tertiary/aromatic N) is 2. The van der Waals surface area contributed by atoms with Gasteiger partial charge in [0, 0.05) is 37.3 Å². The first-order valence-electron chi connectivity index (χ1n) is 8.75. The Morgan fingerprint density at radius 2 is 1.84 bits per heavy atom. The molecule has 1 atom stereocenters. The molecule has 0 saturated carbocycles. The molecule has 1 unspecified atom stereocenters. The van der Waals surface area contributed by atoms with Crippen molar-refractivity contribution in [2.24, 2.45) is 7.05 Å². The number of hydrogen-bond acceptors (Lipinski definition) is 3. The summed E-state index contributed by atoms with van der Waals surface area (Å²) in [4.78, 5) is 0. The van der Waals surface area contributed by atoms with Crippen LogP contribution in [0, 0.1) is 0 Å². The van der Waals surface area contributed by atoms with Gasteiger partial charge in [-0.2, -0.15) is 5.10 Å². The van der Waals surface area contributed by atoms with Gasteiger partial charge in [-0.25, -0.2) is 0 Å². The van der Waals surface area contributed by atoms with E-state index in [-0.39, 0.29) is 5.41 Å². The summed E-state index contributed by atoms with van der Waals surface area (Å²) in [5, 5.41) is 20.8. The van der Waals surface area contributed by atoms with E-state index in [1.165, 1.54) is 10.9 Å². The third-order valence-electron chi connectivity index (χ3n) is 4.43. The fraction of sp³-hybridized carbons (Fsp3) is 0.381. The van der Waals surface area contributed by atoms with E-state index in [0.29, 0.717) is 13.1 Å². The minimum Gasteiger partial charge on any atom is -0.387 e. The van der Waals surface area contributed by atoms with Crippen LogP contribution < -0.4 is 5.32 Å². The Hall–Kier alpha value is -2.17. The van der Waals surface area contributed by atoms with Crippen molar-refractivity contribution in [2.45, 2.75) is 38.8 Å². The molecule has 0 fully saturated rings. The number of aryl methyl sites for hydroxylation is 1. The molecule has 0 saturated heterocycles. The van der Waals surface area contributed by atoms with Crippen LogP contribution in [0.4, 0.5) is 0 Å². The van der Waals surface area contributed by atoms with Crippen molar-refractivity contribution < 1.29 is 5.11 Å². The molecule has 0 aliphatic carbocycles. The second-order valence-corrected chi connectivity index (χ2v) is 7.68. The summed E-state index contributed by atoms with van der Waals surface area (Å²) in [7, 11) is 1.95. The standard InChI is InChI=1S/C21H27N3O/c1-21(2,3)20-18(14-24(4)23-20)12-22-13-19(25)17-10-9-15-7-5-6-8-16(15)11-17/h5-11,14,19,22,25H,12-13H2,1-4H3. The lowest BCUT2D eigenvalue weighted by atomic mass is 9.89. The largest absolute Gasteiger partial charge is 0.387 e. The lowest BCUT2D eigenvalue weighted by Gasteiger charge is -2.18. The van der Waals surface area contributed by atoms with Crippen LogP contribution in [-0.4, -0.2) is 21.4 Å². The zero-order valence-electron chi connectivity index (χ0n) is 15.5. The second-order valence-electron chi connectivity index (χ2n) is 7.68. The summed E-state index contributed by atoms with van der Waals surface area (Å²) < 4.78 is 1.86. The molecule has 25 heavy (non-hydrogen) atoms. The fourth-order valence-electron chi connectivity index (χ4n) is 3.18. The molecule has 0 spiro atoms. The van der Waals surface area contributed by atoms with E-state index in [1.54, 1.807) is 0 Å². The first-order chi connectivity index (χ1) is 11.8. The van der Waals surface area contributed by atoms with Crippen LogP contribution in [0.15, 0.2) is 48.7 Å². The second kappa shape index (κ2) is 6.98. The van der Waals surface area contributed by atoms with Gasteiger partial charge in [-0.1, -0.05) is 57.2 Å². The number of fused-ring (bicyclic) bond motifs is 1. The highest BCUT2D eigenvalue weighted by Crippen LogP contribution is 2.24. The average molecular weight is 337 g/mol. The van der Waals surface area contributed by atoms with E-state index in [1.807, 2.05) is 29.9 Å². The molecular formula is C21H27N3O. The van der Waals surface area contributed by atoms with Crippen LogP contribution in [0.1, 0.15) is 43.7 Å². The predicted octanol–water partition coefficient (Wildman–Crippen LogP) is 3.69. The number of nitrogens with one attached hydrogen (secondary N) is 1. The average Bonchev–Trinajstić information content (AvgIpc) is 2.95. The van der Waals surface area contributed by atoms with Gasteiger partial charge in [-0.3, -0.25) is 4.68 Å². The number of aromatic nitrogens is 2. The first-order valence-corrected chi connectivity index (χ1v) is 8.75. The van der Waals surface area contributed by atoms with Gasteiger partial charge in [0.1, 0.15) is 0 Å². The topological polar surface area (TPSA) is 50.1 Å². The lowest BCUT2D eigenvalue weighted by molar-refractivity contribution is 0.174. The molecule has 3 rings (SSSR count). The Labute approximate surface area is 149 Å². The molecule has 132 valence electrons. The molecule has 1 aromatic heterocycles. The third kappa shape index (κ3) is 4.09.